The Labute approximate surface area is 154 Å². The molecule has 0 spiro atoms. The maximum absolute atomic E-state index is 13.3. The highest BCUT2D eigenvalue weighted by molar-refractivity contribution is 5.95. The lowest BCUT2D eigenvalue weighted by molar-refractivity contribution is -0.117. The van der Waals surface area contributed by atoms with Crippen LogP contribution in [0.1, 0.15) is 15.9 Å². The van der Waals surface area contributed by atoms with Crippen LogP contribution in [0.25, 0.3) is 11.4 Å². The van der Waals surface area contributed by atoms with Crippen LogP contribution < -0.4 is 5.32 Å². The Hall–Kier alpha value is -3.62. The van der Waals surface area contributed by atoms with E-state index in [-0.39, 0.29) is 12.4 Å². The smallest absolute Gasteiger partial charge is 0.337 e. The molecule has 0 saturated carbocycles. The van der Waals surface area contributed by atoms with Crippen LogP contribution in [0.15, 0.2) is 42.5 Å². The van der Waals surface area contributed by atoms with Crippen molar-refractivity contribution >= 4 is 17.6 Å². The standard InChI is InChI=1S/C18H16FN5O3/c1-11-6-7-13(18(26)27-2)9-15(11)20-16(25)10-24-22-17(21-23-24)12-4-3-5-14(19)8-12/h3-9H,10H2,1-2H3,(H,20,25). The minimum atomic E-state index is -0.497. The second kappa shape index (κ2) is 7.73. The zero-order chi connectivity index (χ0) is 19.4. The second-order valence-electron chi connectivity index (χ2n) is 5.72. The number of ether oxygens (including phenoxy) is 1. The number of carbonyl (C=O) groups excluding carboxylic acids is 2. The predicted octanol–water partition coefficient (Wildman–Crippen LogP) is 2.21. The minimum absolute atomic E-state index is 0.190. The summed E-state index contributed by atoms with van der Waals surface area (Å²) in [6.07, 6.45) is 0. The Morgan fingerprint density at radius 1 is 1.22 bits per heavy atom. The van der Waals surface area contributed by atoms with Gasteiger partial charge >= 0.3 is 5.97 Å². The molecule has 0 saturated heterocycles. The largest absolute Gasteiger partial charge is 0.465 e. The monoisotopic (exact) mass is 369 g/mol. The number of hydrogen-bond donors (Lipinski definition) is 1. The average Bonchev–Trinajstić information content (AvgIpc) is 3.11. The molecule has 27 heavy (non-hydrogen) atoms. The zero-order valence-corrected chi connectivity index (χ0v) is 14.6. The summed E-state index contributed by atoms with van der Waals surface area (Å²) in [4.78, 5) is 25.0. The van der Waals surface area contributed by atoms with Gasteiger partial charge in [0.05, 0.1) is 12.7 Å². The van der Waals surface area contributed by atoms with Gasteiger partial charge in [0.15, 0.2) is 0 Å². The highest BCUT2D eigenvalue weighted by Gasteiger charge is 2.13. The molecule has 9 heteroatoms. The number of carbonyl (C=O) groups is 2. The second-order valence-corrected chi connectivity index (χ2v) is 5.72. The molecule has 1 amide bonds. The number of nitrogens with zero attached hydrogens (tertiary/aromatic N) is 4. The van der Waals surface area contributed by atoms with Gasteiger partial charge in [-0.2, -0.15) is 4.80 Å². The Kier molecular flexibility index (Phi) is 5.20. The Morgan fingerprint density at radius 3 is 2.78 bits per heavy atom. The number of aromatic nitrogens is 4. The van der Waals surface area contributed by atoms with Crippen molar-refractivity contribution in [2.75, 3.05) is 12.4 Å². The van der Waals surface area contributed by atoms with Crippen molar-refractivity contribution < 1.29 is 18.7 Å². The van der Waals surface area contributed by atoms with Crippen LogP contribution in [0.5, 0.6) is 0 Å². The summed E-state index contributed by atoms with van der Waals surface area (Å²) in [5, 5.41) is 14.4. The van der Waals surface area contributed by atoms with Gasteiger partial charge in [0.1, 0.15) is 12.4 Å². The molecular weight excluding hydrogens is 353 g/mol. The molecule has 0 aliphatic heterocycles. The maximum Gasteiger partial charge on any atom is 0.337 e. The maximum atomic E-state index is 13.3. The molecule has 0 aliphatic rings. The van der Waals surface area contributed by atoms with E-state index in [1.54, 1.807) is 25.1 Å². The Morgan fingerprint density at radius 2 is 2.04 bits per heavy atom. The number of methoxy groups -OCH3 is 1. The molecule has 0 radical (unpaired) electrons. The predicted molar refractivity (Wildman–Crippen MR) is 94.4 cm³/mol. The molecule has 0 bridgehead atoms. The number of halogens is 1. The number of rotatable bonds is 5. The van der Waals surface area contributed by atoms with E-state index in [0.29, 0.717) is 16.8 Å². The number of anilines is 1. The van der Waals surface area contributed by atoms with Gasteiger partial charge < -0.3 is 10.1 Å². The molecule has 1 aromatic heterocycles. The number of tetrazole rings is 1. The van der Waals surface area contributed by atoms with E-state index >= 15 is 0 Å². The van der Waals surface area contributed by atoms with E-state index in [4.69, 9.17) is 0 Å². The summed E-state index contributed by atoms with van der Waals surface area (Å²) in [6, 6.07) is 10.6. The first-order valence-corrected chi connectivity index (χ1v) is 7.99. The van der Waals surface area contributed by atoms with E-state index < -0.39 is 17.7 Å². The van der Waals surface area contributed by atoms with E-state index in [0.717, 1.165) is 10.4 Å². The first kappa shape index (κ1) is 18.2. The van der Waals surface area contributed by atoms with Crippen LogP contribution in [0.4, 0.5) is 10.1 Å². The van der Waals surface area contributed by atoms with Gasteiger partial charge in [-0.15, -0.1) is 10.2 Å². The highest BCUT2D eigenvalue weighted by atomic mass is 19.1. The molecule has 1 N–H and O–H groups in total. The number of amides is 1. The fraction of sp³-hybridized carbons (Fsp3) is 0.167. The van der Waals surface area contributed by atoms with Crippen molar-refractivity contribution in [3.8, 4) is 11.4 Å². The van der Waals surface area contributed by atoms with Crippen LogP contribution in [-0.2, 0) is 16.1 Å². The Bertz CT molecular complexity index is 1000. The number of aryl methyl sites for hydroxylation is 1. The molecule has 0 atom stereocenters. The molecular formula is C18H16FN5O3. The summed E-state index contributed by atoms with van der Waals surface area (Å²) < 4.78 is 18.0. The highest BCUT2D eigenvalue weighted by Crippen LogP contribution is 2.18. The van der Waals surface area contributed by atoms with E-state index in [1.807, 2.05) is 0 Å². The lowest BCUT2D eigenvalue weighted by Crippen LogP contribution is -2.21. The number of benzene rings is 2. The van der Waals surface area contributed by atoms with Gasteiger partial charge in [-0.3, -0.25) is 4.79 Å². The van der Waals surface area contributed by atoms with Crippen molar-refractivity contribution in [1.82, 2.24) is 20.2 Å². The zero-order valence-electron chi connectivity index (χ0n) is 14.6. The number of nitrogens with one attached hydrogen (secondary N) is 1. The summed E-state index contributed by atoms with van der Waals surface area (Å²) in [5.41, 5.74) is 2.05. The summed E-state index contributed by atoms with van der Waals surface area (Å²) in [5.74, 6) is -1.10. The molecule has 0 fully saturated rings. The molecule has 2 aromatic carbocycles. The van der Waals surface area contributed by atoms with E-state index in [1.165, 1.54) is 31.4 Å². The molecule has 3 rings (SSSR count). The fourth-order valence-electron chi connectivity index (χ4n) is 2.37. The SMILES string of the molecule is COC(=O)c1ccc(C)c(NC(=O)Cn2nnc(-c3cccc(F)c3)n2)c1. The van der Waals surface area contributed by atoms with Crippen LogP contribution in [0.3, 0.4) is 0 Å². The minimum Gasteiger partial charge on any atom is -0.465 e. The molecule has 1 heterocycles. The van der Waals surface area contributed by atoms with Crippen molar-refractivity contribution in [1.29, 1.82) is 0 Å². The lowest BCUT2D eigenvalue weighted by atomic mass is 10.1. The normalized spacial score (nSPS) is 10.5. The summed E-state index contributed by atoms with van der Waals surface area (Å²) in [6.45, 7) is 1.61. The van der Waals surface area contributed by atoms with Crippen LogP contribution in [0.2, 0.25) is 0 Å². The first-order valence-electron chi connectivity index (χ1n) is 7.99. The molecule has 0 aliphatic carbocycles. The van der Waals surface area contributed by atoms with Gasteiger partial charge in [0.2, 0.25) is 11.7 Å². The summed E-state index contributed by atoms with van der Waals surface area (Å²) >= 11 is 0. The van der Waals surface area contributed by atoms with Crippen molar-refractivity contribution in [3.05, 3.63) is 59.4 Å². The molecule has 3 aromatic rings. The van der Waals surface area contributed by atoms with Crippen molar-refractivity contribution in [2.45, 2.75) is 13.5 Å². The van der Waals surface area contributed by atoms with Gasteiger partial charge in [-0.25, -0.2) is 9.18 Å². The molecule has 0 unspecified atom stereocenters. The summed E-state index contributed by atoms with van der Waals surface area (Å²) in [7, 11) is 1.28. The van der Waals surface area contributed by atoms with Crippen LogP contribution >= 0.6 is 0 Å². The molecule has 8 nitrogen and oxygen atoms in total. The quantitative estimate of drug-likeness (QED) is 0.693. The topological polar surface area (TPSA) is 99.0 Å². The Balaban J connectivity index is 1.71. The van der Waals surface area contributed by atoms with Gasteiger partial charge in [0, 0.05) is 11.3 Å². The fourth-order valence-corrected chi connectivity index (χ4v) is 2.37. The number of hydrogen-bond acceptors (Lipinski definition) is 6. The first-order chi connectivity index (χ1) is 13.0. The van der Waals surface area contributed by atoms with Gasteiger partial charge in [-0.1, -0.05) is 18.2 Å². The van der Waals surface area contributed by atoms with Crippen LogP contribution in [-0.4, -0.2) is 39.2 Å². The van der Waals surface area contributed by atoms with E-state index in [9.17, 15) is 14.0 Å². The van der Waals surface area contributed by atoms with Crippen LogP contribution in [0, 0.1) is 12.7 Å². The van der Waals surface area contributed by atoms with Crippen molar-refractivity contribution in [3.63, 3.8) is 0 Å². The third kappa shape index (κ3) is 4.32. The molecule has 138 valence electrons. The average molecular weight is 369 g/mol. The van der Waals surface area contributed by atoms with Gasteiger partial charge in [-0.05, 0) is 42.0 Å². The van der Waals surface area contributed by atoms with E-state index in [2.05, 4.69) is 25.5 Å². The third-order valence-corrected chi connectivity index (χ3v) is 3.75. The number of esters is 1. The van der Waals surface area contributed by atoms with Gasteiger partial charge in [0.25, 0.3) is 0 Å². The third-order valence-electron chi connectivity index (χ3n) is 3.75. The van der Waals surface area contributed by atoms with Crippen molar-refractivity contribution in [2.24, 2.45) is 0 Å². The lowest BCUT2D eigenvalue weighted by Gasteiger charge is -2.09.